The fourth-order valence-corrected chi connectivity index (χ4v) is 1.41. The quantitative estimate of drug-likeness (QED) is 0.810. The Hall–Kier alpha value is -1.01. The molecular weight excluding hydrogens is 226 g/mol. The minimum Gasteiger partial charge on any atom is -0.310 e. The van der Waals surface area contributed by atoms with Crippen LogP contribution >= 0.6 is 0 Å². The molecule has 0 aliphatic carbocycles. The molecule has 1 aromatic rings. The molecule has 90 valence electrons. The summed E-state index contributed by atoms with van der Waals surface area (Å²) >= 11 is 0. The molecule has 0 aliphatic rings. The molecule has 0 bridgehead atoms. The molecule has 6 heteroatoms. The van der Waals surface area contributed by atoms with Crippen LogP contribution in [0.15, 0.2) is 18.6 Å². The maximum Gasteiger partial charge on any atom is 0.153 e. The average molecular weight is 243 g/mol. The molecule has 0 aliphatic heterocycles. The number of aromatic nitrogens is 2. The van der Waals surface area contributed by atoms with Gasteiger partial charge in [0, 0.05) is 25.5 Å². The van der Waals surface area contributed by atoms with E-state index >= 15 is 0 Å². The Bertz CT molecular complexity index is 429. The summed E-state index contributed by atoms with van der Waals surface area (Å²) in [6.07, 6.45) is 4.38. The van der Waals surface area contributed by atoms with E-state index in [0.29, 0.717) is 13.1 Å². The lowest BCUT2D eigenvalue weighted by molar-refractivity contribution is 0.519. The highest BCUT2D eigenvalue weighted by Crippen LogP contribution is 2.13. The number of rotatable bonds is 5. The van der Waals surface area contributed by atoms with Crippen molar-refractivity contribution in [1.82, 2.24) is 15.3 Å². The fraction of sp³-hybridized carbons (Fsp3) is 0.600. The van der Waals surface area contributed by atoms with Crippen molar-refractivity contribution >= 4 is 9.84 Å². The molecule has 0 radical (unpaired) electrons. The highest BCUT2D eigenvalue weighted by atomic mass is 32.2. The van der Waals surface area contributed by atoms with Crippen LogP contribution in [0.5, 0.6) is 0 Å². The molecule has 0 aromatic carbocycles. The van der Waals surface area contributed by atoms with Gasteiger partial charge in [-0.05, 0) is 19.9 Å². The summed E-state index contributed by atoms with van der Waals surface area (Å²) in [5.74, 6) is 0. The van der Waals surface area contributed by atoms with Crippen LogP contribution in [-0.4, -0.2) is 35.9 Å². The van der Waals surface area contributed by atoms with E-state index in [1.807, 2.05) is 0 Å². The predicted octanol–water partition coefficient (Wildman–Crippen LogP) is 0.389. The SMILES string of the molecule is CC(C)(CNCc1ccncn1)S(C)(=O)=O. The van der Waals surface area contributed by atoms with Crippen LogP contribution in [0.3, 0.4) is 0 Å². The van der Waals surface area contributed by atoms with E-state index in [4.69, 9.17) is 0 Å². The smallest absolute Gasteiger partial charge is 0.153 e. The van der Waals surface area contributed by atoms with Gasteiger partial charge in [0.05, 0.1) is 10.4 Å². The lowest BCUT2D eigenvalue weighted by Crippen LogP contribution is -2.41. The third-order valence-corrected chi connectivity index (χ3v) is 4.66. The van der Waals surface area contributed by atoms with Crippen molar-refractivity contribution in [2.24, 2.45) is 0 Å². The Labute approximate surface area is 96.2 Å². The van der Waals surface area contributed by atoms with Gasteiger partial charge in [-0.2, -0.15) is 0 Å². The van der Waals surface area contributed by atoms with Crippen molar-refractivity contribution in [3.05, 3.63) is 24.3 Å². The topological polar surface area (TPSA) is 72.0 Å². The second-order valence-electron chi connectivity index (χ2n) is 4.34. The van der Waals surface area contributed by atoms with Crippen molar-refractivity contribution in [3.63, 3.8) is 0 Å². The Balaban J connectivity index is 2.48. The highest BCUT2D eigenvalue weighted by molar-refractivity contribution is 7.92. The van der Waals surface area contributed by atoms with Gasteiger partial charge in [-0.3, -0.25) is 0 Å². The van der Waals surface area contributed by atoms with Crippen LogP contribution in [0.2, 0.25) is 0 Å². The van der Waals surface area contributed by atoms with Gasteiger partial charge < -0.3 is 5.32 Å². The Morgan fingerprint density at radius 1 is 1.44 bits per heavy atom. The molecule has 0 amide bonds. The molecule has 0 saturated carbocycles. The lowest BCUT2D eigenvalue weighted by atomic mass is 10.2. The zero-order chi connectivity index (χ0) is 12.2. The molecule has 0 saturated heterocycles. The summed E-state index contributed by atoms with van der Waals surface area (Å²) in [6.45, 7) is 4.35. The molecule has 0 atom stereocenters. The molecule has 1 heterocycles. The van der Waals surface area contributed by atoms with Crippen molar-refractivity contribution < 1.29 is 8.42 Å². The normalized spacial score (nSPS) is 12.7. The standard InChI is InChI=1S/C10H17N3O2S/c1-10(2,16(3,14)15)7-12-6-9-4-5-11-8-13-9/h4-5,8,12H,6-7H2,1-3H3. The summed E-state index contributed by atoms with van der Waals surface area (Å²) < 4.78 is 22.1. The first kappa shape index (κ1) is 13.1. The third kappa shape index (κ3) is 3.53. The van der Waals surface area contributed by atoms with Crippen molar-refractivity contribution in [1.29, 1.82) is 0 Å². The molecule has 1 aromatic heterocycles. The summed E-state index contributed by atoms with van der Waals surface area (Å²) in [6, 6.07) is 1.79. The van der Waals surface area contributed by atoms with Gasteiger partial charge >= 0.3 is 0 Å². The van der Waals surface area contributed by atoms with Gasteiger partial charge in [0.25, 0.3) is 0 Å². The number of hydrogen-bond acceptors (Lipinski definition) is 5. The Morgan fingerprint density at radius 3 is 2.62 bits per heavy atom. The van der Waals surface area contributed by atoms with Crippen LogP contribution in [-0.2, 0) is 16.4 Å². The second-order valence-corrected chi connectivity index (χ2v) is 6.99. The fourth-order valence-electron chi connectivity index (χ4n) is 1.05. The van der Waals surface area contributed by atoms with E-state index in [1.165, 1.54) is 12.6 Å². The van der Waals surface area contributed by atoms with Crippen molar-refractivity contribution in [3.8, 4) is 0 Å². The Morgan fingerprint density at radius 2 is 2.12 bits per heavy atom. The van der Waals surface area contributed by atoms with Crippen LogP contribution in [0.25, 0.3) is 0 Å². The number of sulfone groups is 1. The third-order valence-electron chi connectivity index (χ3n) is 2.50. The number of nitrogens with zero attached hydrogens (tertiary/aromatic N) is 2. The summed E-state index contributed by atoms with van der Waals surface area (Å²) in [7, 11) is -3.05. The largest absolute Gasteiger partial charge is 0.310 e. The summed E-state index contributed by atoms with van der Waals surface area (Å²) in [5.41, 5.74) is 0.847. The summed E-state index contributed by atoms with van der Waals surface area (Å²) in [5, 5.41) is 3.08. The van der Waals surface area contributed by atoms with Gasteiger partial charge in [-0.1, -0.05) is 0 Å². The predicted molar refractivity (Wildman–Crippen MR) is 62.7 cm³/mol. The maximum atomic E-state index is 11.4. The summed E-state index contributed by atoms with van der Waals surface area (Å²) in [4.78, 5) is 7.84. The van der Waals surface area contributed by atoms with E-state index in [1.54, 1.807) is 26.1 Å². The first-order valence-electron chi connectivity index (χ1n) is 4.98. The zero-order valence-electron chi connectivity index (χ0n) is 9.77. The molecule has 1 N–H and O–H groups in total. The van der Waals surface area contributed by atoms with Crippen LogP contribution in [0.4, 0.5) is 0 Å². The van der Waals surface area contributed by atoms with Gasteiger partial charge in [0.15, 0.2) is 9.84 Å². The highest BCUT2D eigenvalue weighted by Gasteiger charge is 2.29. The molecular formula is C10H17N3O2S. The monoisotopic (exact) mass is 243 g/mol. The van der Waals surface area contributed by atoms with Gasteiger partial charge in [0.1, 0.15) is 6.33 Å². The molecule has 0 spiro atoms. The number of hydrogen-bond donors (Lipinski definition) is 1. The van der Waals surface area contributed by atoms with Crippen LogP contribution in [0, 0.1) is 0 Å². The Kier molecular flexibility index (Phi) is 3.98. The van der Waals surface area contributed by atoms with Gasteiger partial charge in [-0.15, -0.1) is 0 Å². The van der Waals surface area contributed by atoms with Gasteiger partial charge in [0.2, 0.25) is 0 Å². The molecule has 0 unspecified atom stereocenters. The van der Waals surface area contributed by atoms with Gasteiger partial charge in [-0.25, -0.2) is 18.4 Å². The number of nitrogens with one attached hydrogen (secondary N) is 1. The van der Waals surface area contributed by atoms with E-state index in [-0.39, 0.29) is 0 Å². The van der Waals surface area contributed by atoms with Crippen molar-refractivity contribution in [2.75, 3.05) is 12.8 Å². The van der Waals surface area contributed by atoms with E-state index < -0.39 is 14.6 Å². The maximum absolute atomic E-state index is 11.4. The first-order valence-corrected chi connectivity index (χ1v) is 6.87. The molecule has 0 fully saturated rings. The molecule has 5 nitrogen and oxygen atoms in total. The van der Waals surface area contributed by atoms with E-state index in [9.17, 15) is 8.42 Å². The molecule has 1 rings (SSSR count). The van der Waals surface area contributed by atoms with E-state index in [0.717, 1.165) is 5.69 Å². The van der Waals surface area contributed by atoms with E-state index in [2.05, 4.69) is 15.3 Å². The second kappa shape index (κ2) is 4.88. The van der Waals surface area contributed by atoms with Crippen LogP contribution < -0.4 is 5.32 Å². The zero-order valence-corrected chi connectivity index (χ0v) is 10.6. The average Bonchev–Trinajstić information content (AvgIpc) is 2.17. The van der Waals surface area contributed by atoms with Crippen molar-refractivity contribution in [2.45, 2.75) is 25.1 Å². The lowest BCUT2D eigenvalue weighted by Gasteiger charge is -2.22. The molecule has 16 heavy (non-hydrogen) atoms. The van der Waals surface area contributed by atoms with Crippen LogP contribution in [0.1, 0.15) is 19.5 Å². The first-order chi connectivity index (χ1) is 7.33. The minimum atomic E-state index is -3.05. The minimum absolute atomic E-state index is 0.399.